The Morgan fingerprint density at radius 2 is 2.04 bits per heavy atom. The quantitative estimate of drug-likeness (QED) is 0.796. The van der Waals surface area contributed by atoms with E-state index in [9.17, 15) is 4.79 Å². The molecule has 3 aliphatic rings. The molecule has 0 bridgehead atoms. The number of nitrogens with one attached hydrogen (secondary N) is 1. The van der Waals surface area contributed by atoms with Crippen molar-refractivity contribution in [2.24, 2.45) is 17.8 Å². The van der Waals surface area contributed by atoms with Crippen LogP contribution >= 0.6 is 0 Å². The van der Waals surface area contributed by atoms with Gasteiger partial charge in [-0.2, -0.15) is 5.10 Å². The summed E-state index contributed by atoms with van der Waals surface area (Å²) >= 11 is 0. The number of amides is 1. The van der Waals surface area contributed by atoms with Crippen LogP contribution in [0.15, 0.2) is 18.5 Å². The van der Waals surface area contributed by atoms with Gasteiger partial charge in [-0.1, -0.05) is 6.42 Å². The molecule has 1 saturated heterocycles. The molecular weight excluding hydrogens is 300 g/mol. The predicted octanol–water partition coefficient (Wildman–Crippen LogP) is 2.29. The summed E-state index contributed by atoms with van der Waals surface area (Å²) in [5.74, 6) is 2.50. The first-order chi connectivity index (χ1) is 11.8. The second-order valence-electron chi connectivity index (χ2n) is 8.06. The van der Waals surface area contributed by atoms with Crippen LogP contribution in [0.1, 0.15) is 44.9 Å². The number of hydrogen-bond acceptors (Lipinski definition) is 3. The predicted molar refractivity (Wildman–Crippen MR) is 93.4 cm³/mol. The largest absolute Gasteiger partial charge is 0.352 e. The van der Waals surface area contributed by atoms with Gasteiger partial charge in [0, 0.05) is 44.5 Å². The number of nitrogens with zero attached hydrogens (tertiary/aromatic N) is 3. The number of rotatable bonds is 8. The fourth-order valence-corrected chi connectivity index (χ4v) is 4.36. The highest BCUT2D eigenvalue weighted by Crippen LogP contribution is 2.41. The first-order valence-corrected chi connectivity index (χ1v) is 9.77. The Kier molecular flexibility index (Phi) is 4.88. The summed E-state index contributed by atoms with van der Waals surface area (Å²) in [6.07, 6.45) is 12.3. The van der Waals surface area contributed by atoms with E-state index < -0.39 is 0 Å². The smallest absolute Gasteiger partial charge is 0.220 e. The van der Waals surface area contributed by atoms with Gasteiger partial charge in [0.1, 0.15) is 0 Å². The Balaban J connectivity index is 1.24. The Bertz CT molecular complexity index is 536. The average molecular weight is 330 g/mol. The van der Waals surface area contributed by atoms with Gasteiger partial charge in [0.2, 0.25) is 5.91 Å². The van der Waals surface area contributed by atoms with Crippen LogP contribution in [-0.4, -0.2) is 46.3 Å². The van der Waals surface area contributed by atoms with Crippen molar-refractivity contribution in [1.29, 1.82) is 0 Å². The Labute approximate surface area is 144 Å². The van der Waals surface area contributed by atoms with Gasteiger partial charge in [-0.05, 0) is 62.5 Å². The summed E-state index contributed by atoms with van der Waals surface area (Å²) in [7, 11) is 0. The monoisotopic (exact) mass is 330 g/mol. The highest BCUT2D eigenvalue weighted by Gasteiger charge is 2.42. The maximum Gasteiger partial charge on any atom is 0.220 e. The van der Waals surface area contributed by atoms with E-state index in [1.807, 2.05) is 23.1 Å². The minimum Gasteiger partial charge on any atom is -0.352 e. The molecule has 24 heavy (non-hydrogen) atoms. The molecule has 1 aliphatic heterocycles. The van der Waals surface area contributed by atoms with Crippen LogP contribution in [0.5, 0.6) is 0 Å². The van der Waals surface area contributed by atoms with E-state index in [0.717, 1.165) is 44.9 Å². The number of likely N-dealkylation sites (tertiary alicyclic amines) is 1. The van der Waals surface area contributed by atoms with E-state index in [1.165, 1.54) is 32.1 Å². The fourth-order valence-electron chi connectivity index (χ4n) is 4.36. The maximum absolute atomic E-state index is 12.3. The van der Waals surface area contributed by atoms with Crippen molar-refractivity contribution in [1.82, 2.24) is 20.0 Å². The molecule has 1 aromatic rings. The molecule has 1 N–H and O–H groups in total. The van der Waals surface area contributed by atoms with Crippen LogP contribution in [0.3, 0.4) is 0 Å². The summed E-state index contributed by atoms with van der Waals surface area (Å²) in [6, 6.07) is 2.36. The molecule has 2 atom stereocenters. The van der Waals surface area contributed by atoms with Gasteiger partial charge in [0.15, 0.2) is 0 Å². The van der Waals surface area contributed by atoms with Gasteiger partial charge in [0.05, 0.1) is 0 Å². The van der Waals surface area contributed by atoms with Gasteiger partial charge < -0.3 is 10.2 Å². The molecule has 4 rings (SSSR count). The highest BCUT2D eigenvalue weighted by atomic mass is 16.1. The summed E-state index contributed by atoms with van der Waals surface area (Å²) in [6.45, 7) is 4.29. The topological polar surface area (TPSA) is 50.2 Å². The molecule has 5 nitrogen and oxygen atoms in total. The molecule has 5 heteroatoms. The van der Waals surface area contributed by atoms with Gasteiger partial charge in [-0.3, -0.25) is 9.48 Å². The Morgan fingerprint density at radius 3 is 2.71 bits per heavy atom. The summed E-state index contributed by atoms with van der Waals surface area (Å²) in [5, 5.41) is 7.66. The molecule has 2 aliphatic carbocycles. The van der Waals surface area contributed by atoms with Crippen molar-refractivity contribution in [3.8, 4) is 0 Å². The van der Waals surface area contributed by atoms with E-state index >= 15 is 0 Å². The fraction of sp³-hybridized carbons (Fsp3) is 0.789. The van der Waals surface area contributed by atoms with Crippen molar-refractivity contribution in [3.63, 3.8) is 0 Å². The Morgan fingerprint density at radius 1 is 1.17 bits per heavy atom. The molecule has 0 unspecified atom stereocenters. The van der Waals surface area contributed by atoms with Crippen LogP contribution in [0.25, 0.3) is 0 Å². The molecule has 0 spiro atoms. The van der Waals surface area contributed by atoms with Gasteiger partial charge in [-0.25, -0.2) is 0 Å². The number of carbonyl (C=O) groups excluding carboxylic acids is 1. The van der Waals surface area contributed by atoms with Gasteiger partial charge in [-0.15, -0.1) is 0 Å². The molecule has 0 aromatic carbocycles. The lowest BCUT2D eigenvalue weighted by Crippen LogP contribution is -2.42. The van der Waals surface area contributed by atoms with Gasteiger partial charge >= 0.3 is 0 Å². The van der Waals surface area contributed by atoms with Crippen molar-refractivity contribution in [3.05, 3.63) is 18.5 Å². The number of hydrogen-bond donors (Lipinski definition) is 1. The highest BCUT2D eigenvalue weighted by molar-refractivity contribution is 5.76. The van der Waals surface area contributed by atoms with Crippen LogP contribution in [0.2, 0.25) is 0 Å². The van der Waals surface area contributed by atoms with Crippen LogP contribution < -0.4 is 5.32 Å². The van der Waals surface area contributed by atoms with E-state index in [2.05, 4.69) is 15.3 Å². The lowest BCUT2D eigenvalue weighted by molar-refractivity contribution is -0.123. The van der Waals surface area contributed by atoms with Crippen molar-refractivity contribution in [2.75, 3.05) is 19.6 Å². The minimum absolute atomic E-state index is 0.300. The Hall–Kier alpha value is -1.36. The lowest BCUT2D eigenvalue weighted by atomic mass is 9.82. The third kappa shape index (κ3) is 4.00. The van der Waals surface area contributed by atoms with Gasteiger partial charge in [0.25, 0.3) is 0 Å². The number of carbonyl (C=O) groups is 1. The summed E-state index contributed by atoms with van der Waals surface area (Å²) in [5.41, 5.74) is 0. The zero-order valence-corrected chi connectivity index (χ0v) is 14.6. The van der Waals surface area contributed by atoms with E-state index in [4.69, 9.17) is 0 Å². The number of aromatic nitrogens is 2. The van der Waals surface area contributed by atoms with Crippen molar-refractivity contribution < 1.29 is 4.79 Å². The maximum atomic E-state index is 12.3. The molecule has 132 valence electrons. The molecule has 1 amide bonds. The van der Waals surface area contributed by atoms with Crippen LogP contribution in [0.4, 0.5) is 0 Å². The molecule has 3 fully saturated rings. The normalized spacial score (nSPS) is 28.0. The second kappa shape index (κ2) is 7.26. The van der Waals surface area contributed by atoms with Crippen LogP contribution in [-0.2, 0) is 11.3 Å². The first kappa shape index (κ1) is 16.1. The molecule has 2 heterocycles. The summed E-state index contributed by atoms with van der Waals surface area (Å²) < 4.78 is 2.01. The first-order valence-electron chi connectivity index (χ1n) is 9.77. The number of aryl methyl sites for hydroxylation is 1. The standard InChI is InChI=1S/C19H30N4O/c24-19(12-15-4-1-5-15)21-18-14-22(13-17(18)16-6-7-16)9-3-11-23-10-2-8-20-23/h2,8,10,15-18H,1,3-7,9,11-14H2,(H,21,24)/t17-,18+/m0/s1. The lowest BCUT2D eigenvalue weighted by Gasteiger charge is -2.26. The molecule has 0 radical (unpaired) electrons. The van der Waals surface area contributed by atoms with E-state index in [-0.39, 0.29) is 0 Å². The minimum atomic E-state index is 0.300. The zero-order valence-electron chi connectivity index (χ0n) is 14.6. The van der Waals surface area contributed by atoms with E-state index in [1.54, 1.807) is 0 Å². The summed E-state index contributed by atoms with van der Waals surface area (Å²) in [4.78, 5) is 14.9. The molecule has 1 aromatic heterocycles. The zero-order chi connectivity index (χ0) is 16.4. The SMILES string of the molecule is O=C(CC1CCC1)N[C@@H]1CN(CCCn2cccn2)C[C@H]1C1CC1. The van der Waals surface area contributed by atoms with Crippen molar-refractivity contribution >= 4 is 5.91 Å². The van der Waals surface area contributed by atoms with Crippen molar-refractivity contribution in [2.45, 2.75) is 57.5 Å². The molecular formula is C19H30N4O. The van der Waals surface area contributed by atoms with Crippen LogP contribution in [0, 0.1) is 17.8 Å². The van der Waals surface area contributed by atoms with E-state index in [0.29, 0.717) is 23.8 Å². The third-order valence-corrected chi connectivity index (χ3v) is 6.13. The second-order valence-corrected chi connectivity index (χ2v) is 8.06. The third-order valence-electron chi connectivity index (χ3n) is 6.13. The average Bonchev–Trinajstić information content (AvgIpc) is 3.09. The molecule has 2 saturated carbocycles.